The van der Waals surface area contributed by atoms with Crippen LogP contribution in [-0.4, -0.2) is 30.4 Å². The van der Waals surface area contributed by atoms with E-state index in [0.29, 0.717) is 30.4 Å². The Morgan fingerprint density at radius 2 is 1.76 bits per heavy atom. The number of hydrogen-bond donors (Lipinski definition) is 2. The van der Waals surface area contributed by atoms with Crippen molar-refractivity contribution in [2.75, 3.05) is 11.3 Å². The van der Waals surface area contributed by atoms with Gasteiger partial charge in [-0.25, -0.2) is 13.4 Å². The molecule has 1 aromatic heterocycles. The molecule has 1 amide bonds. The lowest BCUT2D eigenvalue weighted by atomic mass is 9.99. The smallest absolute Gasteiger partial charge is 0.261 e. The number of anilines is 1. The van der Waals surface area contributed by atoms with E-state index in [0.717, 1.165) is 11.1 Å². The van der Waals surface area contributed by atoms with Gasteiger partial charge in [-0.2, -0.15) is 0 Å². The summed E-state index contributed by atoms with van der Waals surface area (Å²) in [6.45, 7) is 0.920. The molecule has 0 unspecified atom stereocenters. The number of nitrogens with zero attached hydrogens (tertiary/aromatic N) is 2. The highest BCUT2D eigenvalue weighted by Crippen LogP contribution is 2.25. The van der Waals surface area contributed by atoms with Crippen LogP contribution < -0.4 is 15.6 Å². The number of amides is 1. The molecule has 9 heteroatoms. The van der Waals surface area contributed by atoms with Gasteiger partial charge in [-0.15, -0.1) is 0 Å². The normalized spacial score (nSPS) is 15.9. The van der Waals surface area contributed by atoms with Crippen LogP contribution in [0.3, 0.4) is 0 Å². The average Bonchev–Trinajstić information content (AvgIpc) is 3.28. The minimum atomic E-state index is -3.87. The summed E-state index contributed by atoms with van der Waals surface area (Å²) in [6.07, 6.45) is 1.90. The standard InChI is InChI=1S/C25H22N4O4S/c30-24-12-19(14-26-24)18-6-9-21(10-7-18)34(32,33)28-20-8-11-23-22(13-20)25(31)29(16-27-23)15-17-4-2-1-3-5-17/h1-11,13,16,19,28H,12,14-15H2,(H,26,30)/t19-/m0/s1. The Bertz CT molecular complexity index is 1530. The molecule has 0 aliphatic carbocycles. The van der Waals surface area contributed by atoms with Gasteiger partial charge >= 0.3 is 0 Å². The minimum absolute atomic E-state index is 0.00279. The highest BCUT2D eigenvalue weighted by atomic mass is 32.2. The maximum absolute atomic E-state index is 13.0. The molecule has 2 N–H and O–H groups in total. The summed E-state index contributed by atoms with van der Waals surface area (Å²) in [7, 11) is -3.87. The van der Waals surface area contributed by atoms with Crippen LogP contribution in [0.4, 0.5) is 5.69 Å². The number of rotatable bonds is 6. The fraction of sp³-hybridized carbons (Fsp3) is 0.160. The van der Waals surface area contributed by atoms with Crippen LogP contribution in [-0.2, 0) is 21.4 Å². The van der Waals surface area contributed by atoms with Crippen LogP contribution in [0.15, 0.2) is 88.8 Å². The summed E-state index contributed by atoms with van der Waals surface area (Å²) in [6, 6.07) is 20.8. The number of nitrogens with one attached hydrogen (secondary N) is 2. The Morgan fingerprint density at radius 3 is 2.47 bits per heavy atom. The maximum atomic E-state index is 13.0. The molecule has 0 radical (unpaired) electrons. The number of carbonyl (C=O) groups excluding carboxylic acids is 1. The topological polar surface area (TPSA) is 110 Å². The molecule has 172 valence electrons. The Kier molecular flexibility index (Phi) is 5.62. The zero-order valence-electron chi connectivity index (χ0n) is 18.1. The minimum Gasteiger partial charge on any atom is -0.355 e. The maximum Gasteiger partial charge on any atom is 0.261 e. The molecule has 1 atom stereocenters. The Hall–Kier alpha value is -3.98. The van der Waals surface area contributed by atoms with E-state index in [4.69, 9.17) is 0 Å². The first-order valence-corrected chi connectivity index (χ1v) is 12.3. The molecule has 3 aromatic carbocycles. The third kappa shape index (κ3) is 4.42. The van der Waals surface area contributed by atoms with Gasteiger partial charge in [0.25, 0.3) is 15.6 Å². The summed E-state index contributed by atoms with van der Waals surface area (Å²) < 4.78 is 29.9. The van der Waals surface area contributed by atoms with Crippen LogP contribution >= 0.6 is 0 Å². The lowest BCUT2D eigenvalue weighted by molar-refractivity contribution is -0.119. The van der Waals surface area contributed by atoms with E-state index in [1.54, 1.807) is 24.3 Å². The van der Waals surface area contributed by atoms with Gasteiger partial charge in [-0.1, -0.05) is 42.5 Å². The summed E-state index contributed by atoms with van der Waals surface area (Å²) in [4.78, 5) is 28.9. The van der Waals surface area contributed by atoms with E-state index in [9.17, 15) is 18.0 Å². The summed E-state index contributed by atoms with van der Waals surface area (Å²) in [5.74, 6) is 0.0419. The molecular weight excluding hydrogens is 452 g/mol. The lowest BCUT2D eigenvalue weighted by Crippen LogP contribution is -2.21. The molecular formula is C25H22N4O4S. The van der Waals surface area contributed by atoms with Gasteiger partial charge in [0.2, 0.25) is 5.91 Å². The van der Waals surface area contributed by atoms with E-state index in [2.05, 4.69) is 15.0 Å². The monoisotopic (exact) mass is 474 g/mol. The van der Waals surface area contributed by atoms with E-state index in [1.807, 2.05) is 30.3 Å². The first-order chi connectivity index (χ1) is 16.4. The van der Waals surface area contributed by atoms with Crippen molar-refractivity contribution in [1.29, 1.82) is 0 Å². The van der Waals surface area contributed by atoms with Gasteiger partial charge in [-0.3, -0.25) is 18.9 Å². The zero-order chi connectivity index (χ0) is 23.7. The van der Waals surface area contributed by atoms with Crippen LogP contribution in [0.1, 0.15) is 23.5 Å². The Morgan fingerprint density at radius 1 is 1.00 bits per heavy atom. The average molecular weight is 475 g/mol. The van der Waals surface area contributed by atoms with Crippen molar-refractivity contribution in [2.45, 2.75) is 23.8 Å². The highest BCUT2D eigenvalue weighted by Gasteiger charge is 2.23. The van der Waals surface area contributed by atoms with Gasteiger partial charge in [-0.05, 0) is 41.5 Å². The second-order valence-electron chi connectivity index (χ2n) is 8.27. The highest BCUT2D eigenvalue weighted by molar-refractivity contribution is 7.92. The van der Waals surface area contributed by atoms with Crippen molar-refractivity contribution < 1.29 is 13.2 Å². The molecule has 1 aliphatic heterocycles. The van der Waals surface area contributed by atoms with E-state index in [1.165, 1.54) is 29.1 Å². The third-order valence-corrected chi connectivity index (χ3v) is 7.31. The molecule has 0 spiro atoms. The van der Waals surface area contributed by atoms with E-state index in [-0.39, 0.29) is 28.0 Å². The van der Waals surface area contributed by atoms with Crippen molar-refractivity contribution in [3.63, 3.8) is 0 Å². The fourth-order valence-electron chi connectivity index (χ4n) is 4.09. The number of fused-ring (bicyclic) bond motifs is 1. The molecule has 1 aliphatic rings. The quantitative estimate of drug-likeness (QED) is 0.447. The second-order valence-corrected chi connectivity index (χ2v) is 9.96. The largest absolute Gasteiger partial charge is 0.355 e. The second kappa shape index (κ2) is 8.75. The van der Waals surface area contributed by atoms with Gasteiger partial charge in [0.05, 0.1) is 28.7 Å². The Labute approximate surface area is 196 Å². The van der Waals surface area contributed by atoms with Gasteiger partial charge in [0, 0.05) is 24.6 Å². The first-order valence-electron chi connectivity index (χ1n) is 10.8. The van der Waals surface area contributed by atoms with Crippen LogP contribution in [0.2, 0.25) is 0 Å². The number of benzene rings is 3. The number of aromatic nitrogens is 2. The van der Waals surface area contributed by atoms with Gasteiger partial charge in [0.15, 0.2) is 0 Å². The summed E-state index contributed by atoms with van der Waals surface area (Å²) in [5.41, 5.74) is 2.38. The van der Waals surface area contributed by atoms with Crippen LogP contribution in [0.25, 0.3) is 10.9 Å². The lowest BCUT2D eigenvalue weighted by Gasteiger charge is -2.12. The van der Waals surface area contributed by atoms with Crippen LogP contribution in [0, 0.1) is 0 Å². The van der Waals surface area contributed by atoms with Crippen molar-refractivity contribution >= 4 is 32.5 Å². The number of carbonyl (C=O) groups is 1. The molecule has 1 saturated heterocycles. The van der Waals surface area contributed by atoms with E-state index < -0.39 is 10.0 Å². The molecule has 2 heterocycles. The number of sulfonamides is 1. The molecule has 4 aromatic rings. The first kappa shape index (κ1) is 21.8. The molecule has 0 saturated carbocycles. The molecule has 0 bridgehead atoms. The molecule has 1 fully saturated rings. The zero-order valence-corrected chi connectivity index (χ0v) is 19.0. The van der Waals surface area contributed by atoms with E-state index >= 15 is 0 Å². The third-order valence-electron chi connectivity index (χ3n) is 5.91. The van der Waals surface area contributed by atoms with Crippen molar-refractivity contribution in [1.82, 2.24) is 14.9 Å². The predicted octanol–water partition coefficient (Wildman–Crippen LogP) is 2.85. The molecule has 8 nitrogen and oxygen atoms in total. The predicted molar refractivity (Wildman–Crippen MR) is 129 cm³/mol. The summed E-state index contributed by atoms with van der Waals surface area (Å²) in [5, 5.41) is 3.11. The van der Waals surface area contributed by atoms with Crippen LogP contribution in [0.5, 0.6) is 0 Å². The van der Waals surface area contributed by atoms with Crippen molar-refractivity contribution in [3.8, 4) is 0 Å². The van der Waals surface area contributed by atoms with Crippen molar-refractivity contribution in [3.05, 3.63) is 101 Å². The summed E-state index contributed by atoms with van der Waals surface area (Å²) >= 11 is 0. The van der Waals surface area contributed by atoms with Gasteiger partial charge in [0.1, 0.15) is 0 Å². The SMILES string of the molecule is O=C1C[C@H](c2ccc(S(=O)(=O)Nc3ccc4ncn(Cc5ccccc5)c(=O)c4c3)cc2)CN1. The van der Waals surface area contributed by atoms with Crippen molar-refractivity contribution in [2.24, 2.45) is 0 Å². The Balaban J connectivity index is 1.39. The fourth-order valence-corrected chi connectivity index (χ4v) is 5.14. The number of hydrogen-bond acceptors (Lipinski definition) is 5. The van der Waals surface area contributed by atoms with Gasteiger partial charge < -0.3 is 5.32 Å². The molecule has 5 rings (SSSR count). The molecule has 34 heavy (non-hydrogen) atoms.